The molecule has 1 fully saturated rings. The van der Waals surface area contributed by atoms with Crippen molar-refractivity contribution < 1.29 is 9.59 Å². The van der Waals surface area contributed by atoms with E-state index in [1.165, 1.54) is 5.56 Å². The van der Waals surface area contributed by atoms with Gasteiger partial charge in [-0.3, -0.25) is 4.79 Å². The molecule has 0 unspecified atom stereocenters. The molecule has 0 aromatic heterocycles. The molecule has 1 aliphatic rings. The summed E-state index contributed by atoms with van der Waals surface area (Å²) in [6, 6.07) is 14.5. The van der Waals surface area contributed by atoms with Crippen molar-refractivity contribution in [1.29, 1.82) is 0 Å². The molecule has 0 aliphatic carbocycles. The smallest absolute Gasteiger partial charge is 0.319 e. The first kappa shape index (κ1) is 19.2. The third-order valence-electron chi connectivity index (χ3n) is 4.63. The molecule has 2 N–H and O–H groups in total. The van der Waals surface area contributed by atoms with Crippen LogP contribution in [0.5, 0.6) is 0 Å². The highest BCUT2D eigenvalue weighted by Gasteiger charge is 2.31. The first-order valence-corrected chi connectivity index (χ1v) is 9.65. The third kappa shape index (κ3) is 5.23. The normalized spacial score (nSPS) is 16.4. The molecule has 1 heterocycles. The number of rotatable bonds is 6. The van der Waals surface area contributed by atoms with Crippen molar-refractivity contribution in [3.8, 4) is 0 Å². The van der Waals surface area contributed by atoms with E-state index < -0.39 is 0 Å². The highest BCUT2D eigenvalue weighted by molar-refractivity contribution is 6.30. The average molecular weight is 386 g/mol. The van der Waals surface area contributed by atoms with E-state index in [4.69, 9.17) is 11.6 Å². The lowest BCUT2D eigenvalue weighted by Gasteiger charge is -2.17. The van der Waals surface area contributed by atoms with Crippen LogP contribution in [0.1, 0.15) is 31.7 Å². The second kappa shape index (κ2) is 8.91. The minimum absolute atomic E-state index is 0.0112. The number of urea groups is 1. The van der Waals surface area contributed by atoms with Gasteiger partial charge in [0.15, 0.2) is 0 Å². The molecular weight excluding hydrogens is 362 g/mol. The lowest BCUT2D eigenvalue weighted by atomic mass is 10.1. The van der Waals surface area contributed by atoms with Crippen LogP contribution < -0.4 is 15.5 Å². The van der Waals surface area contributed by atoms with Gasteiger partial charge in [-0.15, -0.1) is 0 Å². The van der Waals surface area contributed by atoms with Crippen LogP contribution in [-0.4, -0.2) is 24.5 Å². The zero-order valence-corrected chi connectivity index (χ0v) is 16.1. The Morgan fingerprint density at radius 3 is 2.52 bits per heavy atom. The number of nitrogens with one attached hydrogen (secondary N) is 2. The molecule has 1 aliphatic heterocycles. The Kier molecular flexibility index (Phi) is 6.35. The van der Waals surface area contributed by atoms with Crippen LogP contribution >= 0.6 is 11.6 Å². The van der Waals surface area contributed by atoms with Crippen LogP contribution in [0.15, 0.2) is 48.5 Å². The Balaban J connectivity index is 1.52. The fourth-order valence-electron chi connectivity index (χ4n) is 3.16. The Hall–Kier alpha value is -2.53. The second-order valence-electron chi connectivity index (χ2n) is 6.78. The van der Waals surface area contributed by atoms with Crippen molar-refractivity contribution in [3.05, 3.63) is 59.1 Å². The van der Waals surface area contributed by atoms with Crippen LogP contribution in [0.4, 0.5) is 16.2 Å². The molecule has 2 aromatic rings. The minimum Gasteiger partial charge on any atom is -0.333 e. The van der Waals surface area contributed by atoms with Crippen LogP contribution in [-0.2, 0) is 11.2 Å². The molecule has 0 saturated carbocycles. The van der Waals surface area contributed by atoms with Gasteiger partial charge in [-0.25, -0.2) is 4.79 Å². The molecule has 0 radical (unpaired) electrons. The number of nitrogens with zero attached hydrogens (tertiary/aromatic N) is 1. The number of carbonyl (C=O) groups excluding carboxylic acids is 2. The molecule has 0 bridgehead atoms. The first-order valence-electron chi connectivity index (χ1n) is 9.27. The number of halogens is 1. The van der Waals surface area contributed by atoms with Crippen molar-refractivity contribution in [2.24, 2.45) is 0 Å². The van der Waals surface area contributed by atoms with Gasteiger partial charge in [0, 0.05) is 29.4 Å². The maximum absolute atomic E-state index is 12.3. The van der Waals surface area contributed by atoms with Gasteiger partial charge >= 0.3 is 6.03 Å². The lowest BCUT2D eigenvalue weighted by Crippen LogP contribution is -2.39. The molecule has 1 saturated heterocycles. The Bertz CT molecular complexity index is 790. The van der Waals surface area contributed by atoms with Gasteiger partial charge in [0.1, 0.15) is 0 Å². The van der Waals surface area contributed by atoms with Crippen LogP contribution in [0, 0.1) is 0 Å². The van der Waals surface area contributed by atoms with Crippen LogP contribution in [0.2, 0.25) is 5.02 Å². The molecule has 2 aromatic carbocycles. The van der Waals surface area contributed by atoms with E-state index in [0.717, 1.165) is 30.6 Å². The highest BCUT2D eigenvalue weighted by Crippen LogP contribution is 2.23. The van der Waals surface area contributed by atoms with E-state index in [-0.39, 0.29) is 24.4 Å². The van der Waals surface area contributed by atoms with Gasteiger partial charge in [-0.05, 0) is 54.8 Å². The third-order valence-corrected chi connectivity index (χ3v) is 4.88. The van der Waals surface area contributed by atoms with Gasteiger partial charge in [-0.2, -0.15) is 0 Å². The van der Waals surface area contributed by atoms with Gasteiger partial charge < -0.3 is 15.5 Å². The number of amides is 3. The predicted molar refractivity (Wildman–Crippen MR) is 109 cm³/mol. The van der Waals surface area contributed by atoms with Gasteiger partial charge in [0.2, 0.25) is 5.91 Å². The minimum atomic E-state index is -0.299. The summed E-state index contributed by atoms with van der Waals surface area (Å²) in [6.07, 6.45) is 3.66. The van der Waals surface area contributed by atoms with Crippen molar-refractivity contribution in [2.45, 2.75) is 38.6 Å². The molecule has 6 heteroatoms. The lowest BCUT2D eigenvalue weighted by molar-refractivity contribution is -0.117. The Morgan fingerprint density at radius 1 is 1.15 bits per heavy atom. The van der Waals surface area contributed by atoms with Crippen LogP contribution in [0.25, 0.3) is 0 Å². The predicted octanol–water partition coefficient (Wildman–Crippen LogP) is 4.61. The summed E-state index contributed by atoms with van der Waals surface area (Å²) in [5.74, 6) is -0.0112. The van der Waals surface area contributed by atoms with E-state index in [1.54, 1.807) is 17.0 Å². The molecule has 5 nitrogen and oxygen atoms in total. The maximum Gasteiger partial charge on any atom is 0.319 e. The zero-order valence-electron chi connectivity index (χ0n) is 15.4. The number of hydrogen-bond donors (Lipinski definition) is 2. The molecule has 142 valence electrons. The highest BCUT2D eigenvalue weighted by atomic mass is 35.5. The quantitative estimate of drug-likeness (QED) is 0.762. The second-order valence-corrected chi connectivity index (χ2v) is 7.22. The van der Waals surface area contributed by atoms with Crippen molar-refractivity contribution >= 4 is 34.9 Å². The molecule has 1 atom stereocenters. The van der Waals surface area contributed by atoms with E-state index in [1.807, 2.05) is 36.4 Å². The molecule has 27 heavy (non-hydrogen) atoms. The van der Waals surface area contributed by atoms with E-state index >= 15 is 0 Å². The largest absolute Gasteiger partial charge is 0.333 e. The van der Waals surface area contributed by atoms with Gasteiger partial charge in [-0.1, -0.05) is 37.1 Å². The summed E-state index contributed by atoms with van der Waals surface area (Å²) < 4.78 is 0. The van der Waals surface area contributed by atoms with Crippen molar-refractivity contribution in [3.63, 3.8) is 0 Å². The van der Waals surface area contributed by atoms with Gasteiger partial charge in [0.05, 0.1) is 6.04 Å². The number of hydrogen-bond acceptors (Lipinski definition) is 2. The standard InChI is InChI=1S/C21H24ClN3O2/c1-2-3-4-15-5-9-17(10-6-15)23-21(27)24-18-13-20(26)25(14-18)19-11-7-16(22)8-12-19/h5-12,18H,2-4,13-14H2,1H3,(H2,23,24,27)/t18-/m1/s1. The molecule has 0 spiro atoms. The molecular formula is C21H24ClN3O2. The maximum atomic E-state index is 12.3. The number of anilines is 2. The van der Waals surface area contributed by atoms with Crippen molar-refractivity contribution in [2.75, 3.05) is 16.8 Å². The van der Waals surface area contributed by atoms with Crippen LogP contribution in [0.3, 0.4) is 0 Å². The summed E-state index contributed by atoms with van der Waals surface area (Å²) in [6.45, 7) is 2.62. The Labute approximate surface area is 164 Å². The zero-order chi connectivity index (χ0) is 19.2. The molecule has 3 rings (SSSR count). The number of aryl methyl sites for hydroxylation is 1. The summed E-state index contributed by atoms with van der Waals surface area (Å²) in [4.78, 5) is 26.2. The fourth-order valence-corrected chi connectivity index (χ4v) is 3.29. The summed E-state index contributed by atoms with van der Waals surface area (Å²) in [5.41, 5.74) is 2.80. The monoisotopic (exact) mass is 385 g/mol. The number of unbranched alkanes of at least 4 members (excludes halogenated alkanes) is 1. The number of benzene rings is 2. The molecule has 3 amide bonds. The van der Waals surface area contributed by atoms with E-state index in [0.29, 0.717) is 11.6 Å². The van der Waals surface area contributed by atoms with E-state index in [9.17, 15) is 9.59 Å². The van der Waals surface area contributed by atoms with E-state index in [2.05, 4.69) is 17.6 Å². The summed E-state index contributed by atoms with van der Waals surface area (Å²) in [5, 5.41) is 6.34. The summed E-state index contributed by atoms with van der Waals surface area (Å²) in [7, 11) is 0. The SMILES string of the molecule is CCCCc1ccc(NC(=O)N[C@@H]2CC(=O)N(c3ccc(Cl)cc3)C2)cc1. The topological polar surface area (TPSA) is 61.4 Å². The van der Waals surface area contributed by atoms with Gasteiger partial charge in [0.25, 0.3) is 0 Å². The Morgan fingerprint density at radius 2 is 1.85 bits per heavy atom. The average Bonchev–Trinajstić information content (AvgIpc) is 3.01. The summed E-state index contributed by atoms with van der Waals surface area (Å²) >= 11 is 5.90. The van der Waals surface area contributed by atoms with Crippen molar-refractivity contribution in [1.82, 2.24) is 5.32 Å². The number of carbonyl (C=O) groups is 2. The first-order chi connectivity index (χ1) is 13.0. The fraction of sp³-hybridized carbons (Fsp3) is 0.333.